The largest absolute Gasteiger partial charge is 0.544 e. The third kappa shape index (κ3) is 7.29. The Bertz CT molecular complexity index is 451. The molecule has 1 aliphatic rings. The Balaban J connectivity index is 3.14. The van der Waals surface area contributed by atoms with Crippen LogP contribution in [0.2, 0.25) is 39.3 Å². The van der Waals surface area contributed by atoms with Gasteiger partial charge in [-0.2, -0.15) is 0 Å². The van der Waals surface area contributed by atoms with Crippen molar-refractivity contribution in [2.45, 2.75) is 98.1 Å². The molecule has 0 aromatic carbocycles. The summed E-state index contributed by atoms with van der Waals surface area (Å²) in [5.74, 6) is 2.27. The van der Waals surface area contributed by atoms with Gasteiger partial charge in [-0.15, -0.1) is 0 Å². The Morgan fingerprint density at radius 3 is 1.78 bits per heavy atom. The van der Waals surface area contributed by atoms with E-state index in [4.69, 9.17) is 8.85 Å². The number of rotatable bonds is 10. The SMILES string of the molecule is CCCCC1=C(CCCC)C(O[Si](C)(C)C)=C(O[Si](C)(C)C)C1. The first-order valence-electron chi connectivity index (χ1n) is 9.39. The molecule has 0 N–H and O–H groups in total. The number of hydrogen-bond donors (Lipinski definition) is 0. The molecule has 0 saturated heterocycles. The molecule has 0 aromatic heterocycles. The first-order valence-corrected chi connectivity index (χ1v) is 16.2. The van der Waals surface area contributed by atoms with E-state index in [1.54, 1.807) is 5.57 Å². The molecule has 1 rings (SSSR count). The molecule has 23 heavy (non-hydrogen) atoms. The predicted molar refractivity (Wildman–Crippen MR) is 107 cm³/mol. The molecule has 0 aromatic rings. The Kier molecular flexibility index (Phi) is 7.65. The standard InChI is InChI=1S/C19H38O2Si2/c1-9-11-13-16-15-18(20-22(3,4)5)19(21-23(6,7)8)17(16)14-12-10-2/h9-15H2,1-8H3. The molecule has 0 heterocycles. The van der Waals surface area contributed by atoms with E-state index < -0.39 is 16.6 Å². The van der Waals surface area contributed by atoms with Crippen LogP contribution in [0.3, 0.4) is 0 Å². The van der Waals surface area contributed by atoms with E-state index in [0.717, 1.165) is 24.4 Å². The van der Waals surface area contributed by atoms with Crippen molar-refractivity contribution in [3.63, 3.8) is 0 Å². The third-order valence-corrected chi connectivity index (χ3v) is 5.45. The summed E-state index contributed by atoms with van der Waals surface area (Å²) in [5, 5.41) is 0. The van der Waals surface area contributed by atoms with Gasteiger partial charge in [0.15, 0.2) is 0 Å². The second-order valence-electron chi connectivity index (χ2n) is 8.65. The molecule has 0 spiro atoms. The molecular formula is C19H38O2Si2. The van der Waals surface area contributed by atoms with E-state index in [0.29, 0.717) is 0 Å². The van der Waals surface area contributed by atoms with Crippen molar-refractivity contribution in [1.82, 2.24) is 0 Å². The van der Waals surface area contributed by atoms with E-state index in [1.807, 2.05) is 0 Å². The van der Waals surface area contributed by atoms with Gasteiger partial charge in [0.1, 0.15) is 11.5 Å². The van der Waals surface area contributed by atoms with Gasteiger partial charge in [-0.05, 0) is 70.5 Å². The minimum absolute atomic E-state index is 0.989. The summed E-state index contributed by atoms with van der Waals surface area (Å²) < 4.78 is 13.0. The van der Waals surface area contributed by atoms with Gasteiger partial charge in [0, 0.05) is 6.42 Å². The van der Waals surface area contributed by atoms with Crippen LogP contribution >= 0.6 is 0 Å². The molecule has 0 unspecified atom stereocenters. The van der Waals surface area contributed by atoms with Crippen LogP contribution in [0.1, 0.15) is 58.8 Å². The zero-order valence-electron chi connectivity index (χ0n) is 16.8. The summed E-state index contributed by atoms with van der Waals surface area (Å²) in [4.78, 5) is 0. The van der Waals surface area contributed by atoms with Crippen molar-refractivity contribution in [3.8, 4) is 0 Å². The van der Waals surface area contributed by atoms with E-state index in [2.05, 4.69) is 53.1 Å². The maximum Gasteiger partial charge on any atom is 0.242 e. The van der Waals surface area contributed by atoms with Crippen LogP contribution in [-0.4, -0.2) is 16.6 Å². The third-order valence-electron chi connectivity index (χ3n) is 3.78. The van der Waals surface area contributed by atoms with Gasteiger partial charge in [-0.3, -0.25) is 0 Å². The number of hydrogen-bond acceptors (Lipinski definition) is 2. The lowest BCUT2D eigenvalue weighted by Crippen LogP contribution is -2.28. The molecule has 0 fully saturated rings. The van der Waals surface area contributed by atoms with E-state index in [-0.39, 0.29) is 0 Å². The smallest absolute Gasteiger partial charge is 0.242 e. The topological polar surface area (TPSA) is 18.5 Å². The fourth-order valence-corrected chi connectivity index (χ4v) is 4.61. The molecule has 0 atom stereocenters. The van der Waals surface area contributed by atoms with E-state index in [9.17, 15) is 0 Å². The highest BCUT2D eigenvalue weighted by Crippen LogP contribution is 2.41. The van der Waals surface area contributed by atoms with Gasteiger partial charge < -0.3 is 8.85 Å². The van der Waals surface area contributed by atoms with Gasteiger partial charge in [0.2, 0.25) is 16.6 Å². The molecule has 0 amide bonds. The zero-order chi connectivity index (χ0) is 17.7. The minimum atomic E-state index is -1.64. The van der Waals surface area contributed by atoms with Crippen molar-refractivity contribution < 1.29 is 8.85 Å². The molecular weight excluding hydrogens is 316 g/mol. The quantitative estimate of drug-likeness (QED) is 0.394. The van der Waals surface area contributed by atoms with Crippen LogP contribution in [0.15, 0.2) is 22.7 Å². The maximum atomic E-state index is 6.53. The average Bonchev–Trinajstić information content (AvgIpc) is 2.67. The van der Waals surface area contributed by atoms with Gasteiger partial charge in [-0.1, -0.05) is 32.3 Å². The van der Waals surface area contributed by atoms with Crippen LogP contribution in [-0.2, 0) is 8.85 Å². The first kappa shape index (κ1) is 20.6. The molecule has 4 heteroatoms. The Morgan fingerprint density at radius 1 is 0.783 bits per heavy atom. The monoisotopic (exact) mass is 354 g/mol. The Hall–Kier alpha value is -0.486. The van der Waals surface area contributed by atoms with Crippen molar-refractivity contribution >= 4 is 16.6 Å². The van der Waals surface area contributed by atoms with Crippen molar-refractivity contribution in [2.24, 2.45) is 0 Å². The fraction of sp³-hybridized carbons (Fsp3) is 0.789. The van der Waals surface area contributed by atoms with Gasteiger partial charge in [0.25, 0.3) is 0 Å². The zero-order valence-corrected chi connectivity index (χ0v) is 18.8. The summed E-state index contributed by atoms with van der Waals surface area (Å²) >= 11 is 0. The van der Waals surface area contributed by atoms with Gasteiger partial charge in [0.05, 0.1) is 0 Å². The summed E-state index contributed by atoms with van der Waals surface area (Å²) in [6.45, 7) is 18.2. The number of unbranched alkanes of at least 4 members (excludes halogenated alkanes) is 2. The van der Waals surface area contributed by atoms with Crippen molar-refractivity contribution in [3.05, 3.63) is 22.7 Å². The second kappa shape index (κ2) is 8.56. The fourth-order valence-electron chi connectivity index (χ4n) is 2.86. The van der Waals surface area contributed by atoms with Gasteiger partial charge in [-0.25, -0.2) is 0 Å². The summed E-state index contributed by atoms with van der Waals surface area (Å²) in [5.41, 5.74) is 3.07. The lowest BCUT2D eigenvalue weighted by molar-refractivity contribution is 0.347. The molecule has 0 bridgehead atoms. The maximum absolute atomic E-state index is 6.53. The number of allylic oxidation sites excluding steroid dienone is 2. The molecule has 0 saturated carbocycles. The van der Waals surface area contributed by atoms with Crippen LogP contribution in [0, 0.1) is 0 Å². The van der Waals surface area contributed by atoms with Crippen LogP contribution in [0.5, 0.6) is 0 Å². The average molecular weight is 355 g/mol. The van der Waals surface area contributed by atoms with Crippen LogP contribution in [0.4, 0.5) is 0 Å². The Labute approximate surface area is 146 Å². The second-order valence-corrected chi connectivity index (χ2v) is 17.5. The highest BCUT2D eigenvalue weighted by atomic mass is 28.4. The Morgan fingerprint density at radius 2 is 1.30 bits per heavy atom. The first-order chi connectivity index (χ1) is 10.6. The van der Waals surface area contributed by atoms with E-state index >= 15 is 0 Å². The van der Waals surface area contributed by atoms with Crippen molar-refractivity contribution in [1.29, 1.82) is 0 Å². The highest BCUT2D eigenvalue weighted by molar-refractivity contribution is 6.70. The minimum Gasteiger partial charge on any atom is -0.544 e. The lowest BCUT2D eigenvalue weighted by atomic mass is 10.00. The normalized spacial score (nSPS) is 16.3. The predicted octanol–water partition coefficient (Wildman–Crippen LogP) is 6.98. The lowest BCUT2D eigenvalue weighted by Gasteiger charge is -2.26. The van der Waals surface area contributed by atoms with E-state index in [1.165, 1.54) is 37.7 Å². The summed E-state index contributed by atoms with van der Waals surface area (Å²) in [6, 6.07) is 0. The molecule has 2 nitrogen and oxygen atoms in total. The van der Waals surface area contributed by atoms with Gasteiger partial charge >= 0.3 is 0 Å². The van der Waals surface area contributed by atoms with Crippen LogP contribution in [0.25, 0.3) is 0 Å². The molecule has 134 valence electrons. The van der Waals surface area contributed by atoms with Crippen LogP contribution < -0.4 is 0 Å². The molecule has 0 aliphatic heterocycles. The molecule has 0 radical (unpaired) electrons. The summed E-state index contributed by atoms with van der Waals surface area (Å²) in [7, 11) is -3.25. The molecule has 1 aliphatic carbocycles. The summed E-state index contributed by atoms with van der Waals surface area (Å²) in [6.07, 6.45) is 8.33. The highest BCUT2D eigenvalue weighted by Gasteiger charge is 2.32. The van der Waals surface area contributed by atoms with Crippen molar-refractivity contribution in [2.75, 3.05) is 0 Å².